The molecule has 1 saturated heterocycles. The van der Waals surface area contributed by atoms with Crippen LogP contribution in [0.5, 0.6) is 0 Å². The molecule has 0 radical (unpaired) electrons. The topological polar surface area (TPSA) is 172 Å². The van der Waals surface area contributed by atoms with E-state index >= 15 is 0 Å². The molecular formula is C25H32N4O8S. The molecule has 4 rings (SSSR count). The van der Waals surface area contributed by atoms with Crippen LogP contribution in [0.25, 0.3) is 11.0 Å². The second-order valence-electron chi connectivity index (χ2n) is 9.34. The zero-order valence-corrected chi connectivity index (χ0v) is 21.9. The lowest BCUT2D eigenvalue weighted by Crippen LogP contribution is -2.56. The van der Waals surface area contributed by atoms with Gasteiger partial charge in [0.15, 0.2) is 0 Å². The predicted octanol–water partition coefficient (Wildman–Crippen LogP) is 1.37. The van der Waals surface area contributed by atoms with Gasteiger partial charge in [-0.15, -0.1) is 0 Å². The minimum atomic E-state index is -4.22. The number of imidazole rings is 1. The van der Waals surface area contributed by atoms with Crippen molar-refractivity contribution in [2.75, 3.05) is 13.2 Å². The Balaban J connectivity index is 1.57. The lowest BCUT2D eigenvalue weighted by molar-refractivity contribution is -0.0818. The Morgan fingerprint density at radius 3 is 2.58 bits per heavy atom. The average Bonchev–Trinajstić information content (AvgIpc) is 3.50. The molecule has 0 saturated carbocycles. The van der Waals surface area contributed by atoms with E-state index in [0.717, 1.165) is 5.56 Å². The van der Waals surface area contributed by atoms with E-state index in [1.165, 1.54) is 18.2 Å². The van der Waals surface area contributed by atoms with Gasteiger partial charge >= 0.3 is 11.8 Å². The molecule has 38 heavy (non-hydrogen) atoms. The number of aromatic nitrogens is 2. The summed E-state index contributed by atoms with van der Waals surface area (Å²) in [6, 6.07) is 12.2. The highest BCUT2D eigenvalue weighted by molar-refractivity contribution is 7.89. The van der Waals surface area contributed by atoms with E-state index in [1.54, 1.807) is 13.8 Å². The average molecular weight is 549 g/mol. The summed E-state index contributed by atoms with van der Waals surface area (Å²) in [4.78, 5) is 29.2. The van der Waals surface area contributed by atoms with Gasteiger partial charge in [-0.05, 0) is 44.0 Å². The first kappa shape index (κ1) is 27.8. The highest BCUT2D eigenvalue weighted by atomic mass is 32.2. The summed E-state index contributed by atoms with van der Waals surface area (Å²) in [6.07, 6.45) is -3.82. The van der Waals surface area contributed by atoms with Crippen molar-refractivity contribution in [1.82, 2.24) is 20.0 Å². The summed E-state index contributed by atoms with van der Waals surface area (Å²) in [7, 11) is -4.22. The first-order valence-corrected chi connectivity index (χ1v) is 13.8. The van der Waals surface area contributed by atoms with Gasteiger partial charge in [0.1, 0.15) is 18.4 Å². The third kappa shape index (κ3) is 7.20. The molecule has 1 fully saturated rings. The Kier molecular flexibility index (Phi) is 8.84. The number of aromatic amines is 2. The van der Waals surface area contributed by atoms with E-state index in [0.29, 0.717) is 24.1 Å². The quantitative estimate of drug-likeness (QED) is 0.224. The van der Waals surface area contributed by atoms with Crippen LogP contribution in [-0.4, -0.2) is 73.4 Å². The van der Waals surface area contributed by atoms with E-state index in [1.807, 2.05) is 30.3 Å². The fourth-order valence-corrected chi connectivity index (χ4v) is 5.31. The number of sulfonamides is 1. The van der Waals surface area contributed by atoms with Crippen molar-refractivity contribution in [2.45, 2.75) is 62.2 Å². The van der Waals surface area contributed by atoms with Crippen molar-refractivity contribution >= 4 is 27.1 Å². The van der Waals surface area contributed by atoms with Crippen molar-refractivity contribution in [2.24, 2.45) is 0 Å². The lowest BCUT2D eigenvalue weighted by Gasteiger charge is -2.32. The second kappa shape index (κ2) is 12.1. The SMILES string of the molecule is CC(C)OC(NS(=O)(=O)c1ccc2[nH]c(=O)[nH]c2c1)[C@H](O)[C@H](Cc1ccccc1)NC(=O)OC1CCOC1. The molecule has 0 aliphatic carbocycles. The predicted molar refractivity (Wildman–Crippen MR) is 138 cm³/mol. The minimum Gasteiger partial charge on any atom is -0.444 e. The van der Waals surface area contributed by atoms with Crippen LogP contribution in [0.1, 0.15) is 25.8 Å². The minimum absolute atomic E-state index is 0.141. The number of amides is 1. The molecule has 1 aliphatic heterocycles. The molecule has 0 bridgehead atoms. The fourth-order valence-electron chi connectivity index (χ4n) is 4.15. The number of carbonyl (C=O) groups excluding carboxylic acids is 1. The van der Waals surface area contributed by atoms with Crippen LogP contribution >= 0.6 is 0 Å². The molecule has 13 heteroatoms. The standard InChI is InChI=1S/C25H32N4O8S/c1-15(2)36-23(29-38(33,34)18-8-9-19-20(13-18)27-24(31)26-19)22(30)21(12-16-6-4-3-5-7-16)28-25(32)37-17-10-11-35-14-17/h3-9,13,15,17,21-23,29-30H,10-12,14H2,1-2H3,(H,28,32)(H2,26,27,31)/t17?,21-,22+,23?/m0/s1. The molecule has 3 aromatic rings. The molecule has 1 aliphatic rings. The molecule has 2 heterocycles. The van der Waals surface area contributed by atoms with E-state index in [4.69, 9.17) is 14.2 Å². The Hall–Kier alpha value is -3.23. The summed E-state index contributed by atoms with van der Waals surface area (Å²) in [6.45, 7) is 4.16. The molecular weight excluding hydrogens is 516 g/mol. The van der Waals surface area contributed by atoms with Gasteiger partial charge in [-0.3, -0.25) is 0 Å². The Morgan fingerprint density at radius 1 is 1.16 bits per heavy atom. The Bertz CT molecular complexity index is 1380. The number of aliphatic hydroxyl groups is 1. The molecule has 1 aromatic heterocycles. The number of H-pyrrole nitrogens is 2. The van der Waals surface area contributed by atoms with Crippen molar-refractivity contribution in [3.05, 3.63) is 64.6 Å². The summed E-state index contributed by atoms with van der Waals surface area (Å²) >= 11 is 0. The van der Waals surface area contributed by atoms with Gasteiger partial charge in [0, 0.05) is 6.42 Å². The summed E-state index contributed by atoms with van der Waals surface area (Å²) in [5.74, 6) is 0. The smallest absolute Gasteiger partial charge is 0.407 e. The lowest BCUT2D eigenvalue weighted by atomic mass is 10.0. The van der Waals surface area contributed by atoms with Gasteiger partial charge in [0.05, 0.1) is 41.3 Å². The third-order valence-corrected chi connectivity index (χ3v) is 7.39. The largest absolute Gasteiger partial charge is 0.444 e. The first-order valence-electron chi connectivity index (χ1n) is 12.3. The number of carbonyl (C=O) groups is 1. The maximum Gasteiger partial charge on any atom is 0.407 e. The zero-order valence-electron chi connectivity index (χ0n) is 21.0. The zero-order chi connectivity index (χ0) is 27.3. The van der Waals surface area contributed by atoms with Gasteiger partial charge in [-0.25, -0.2) is 18.0 Å². The van der Waals surface area contributed by atoms with Gasteiger partial charge in [0.2, 0.25) is 10.0 Å². The van der Waals surface area contributed by atoms with E-state index < -0.39 is 52.4 Å². The number of alkyl carbamates (subject to hydrolysis) is 1. The van der Waals surface area contributed by atoms with Gasteiger partial charge < -0.3 is 34.6 Å². The number of fused-ring (bicyclic) bond motifs is 1. The van der Waals surface area contributed by atoms with Crippen molar-refractivity contribution in [1.29, 1.82) is 0 Å². The van der Waals surface area contributed by atoms with Crippen LogP contribution in [-0.2, 0) is 30.7 Å². The number of nitrogens with one attached hydrogen (secondary N) is 4. The number of hydrogen-bond acceptors (Lipinski definition) is 8. The number of aliphatic hydroxyl groups excluding tert-OH is 1. The van der Waals surface area contributed by atoms with E-state index in [-0.39, 0.29) is 17.9 Å². The van der Waals surface area contributed by atoms with Gasteiger partial charge in [0.25, 0.3) is 0 Å². The number of benzene rings is 2. The molecule has 1 amide bonds. The van der Waals surface area contributed by atoms with Crippen molar-refractivity contribution in [3.8, 4) is 0 Å². The maximum absolute atomic E-state index is 13.3. The Labute approximate surface area is 219 Å². The first-order chi connectivity index (χ1) is 18.1. The van der Waals surface area contributed by atoms with Crippen LogP contribution in [0.4, 0.5) is 4.79 Å². The molecule has 5 N–H and O–H groups in total. The summed E-state index contributed by atoms with van der Waals surface area (Å²) in [5, 5.41) is 14.0. The monoisotopic (exact) mass is 548 g/mol. The fraction of sp³-hybridized carbons (Fsp3) is 0.440. The molecule has 12 nitrogen and oxygen atoms in total. The molecule has 4 atom stereocenters. The molecule has 0 spiro atoms. The van der Waals surface area contributed by atoms with Crippen LogP contribution < -0.4 is 15.7 Å². The summed E-state index contributed by atoms with van der Waals surface area (Å²) < 4.78 is 45.4. The summed E-state index contributed by atoms with van der Waals surface area (Å²) in [5.41, 5.74) is 1.09. The van der Waals surface area contributed by atoms with Crippen molar-refractivity contribution < 1.29 is 32.5 Å². The molecule has 206 valence electrons. The molecule has 2 unspecified atom stereocenters. The highest BCUT2D eigenvalue weighted by Gasteiger charge is 2.35. The van der Waals surface area contributed by atoms with Gasteiger partial charge in [-0.2, -0.15) is 4.72 Å². The van der Waals surface area contributed by atoms with Crippen LogP contribution in [0.15, 0.2) is 58.2 Å². The van der Waals surface area contributed by atoms with E-state index in [2.05, 4.69) is 20.0 Å². The second-order valence-corrected chi connectivity index (χ2v) is 11.0. The maximum atomic E-state index is 13.3. The number of ether oxygens (including phenoxy) is 3. The number of hydrogen-bond donors (Lipinski definition) is 5. The van der Waals surface area contributed by atoms with Crippen LogP contribution in [0, 0.1) is 0 Å². The highest BCUT2D eigenvalue weighted by Crippen LogP contribution is 2.18. The van der Waals surface area contributed by atoms with Crippen molar-refractivity contribution in [3.63, 3.8) is 0 Å². The number of rotatable bonds is 11. The van der Waals surface area contributed by atoms with Gasteiger partial charge in [-0.1, -0.05) is 30.3 Å². The Morgan fingerprint density at radius 2 is 1.89 bits per heavy atom. The van der Waals surface area contributed by atoms with Crippen LogP contribution in [0.3, 0.4) is 0 Å². The third-order valence-electron chi connectivity index (χ3n) is 5.97. The van der Waals surface area contributed by atoms with Crippen LogP contribution in [0.2, 0.25) is 0 Å². The molecule has 2 aromatic carbocycles. The normalized spacial score (nSPS) is 18.4. The van der Waals surface area contributed by atoms with E-state index in [9.17, 15) is 23.1 Å².